The van der Waals surface area contributed by atoms with E-state index >= 15 is 0 Å². The Morgan fingerprint density at radius 3 is 2.92 bits per heavy atom. The molecule has 1 aromatic heterocycles. The summed E-state index contributed by atoms with van der Waals surface area (Å²) in [6, 6.07) is 11.6. The van der Waals surface area contributed by atoms with Gasteiger partial charge in [0.1, 0.15) is 5.56 Å². The van der Waals surface area contributed by atoms with E-state index in [-0.39, 0.29) is 11.9 Å². The zero-order chi connectivity index (χ0) is 18.5. The zero-order valence-corrected chi connectivity index (χ0v) is 16.1. The number of benzene rings is 1. The topological polar surface area (TPSA) is 54.8 Å². The van der Waals surface area contributed by atoms with Crippen LogP contribution in [0.3, 0.4) is 0 Å². The molecule has 1 atom stereocenters. The van der Waals surface area contributed by atoms with Crippen LogP contribution in [0.4, 0.5) is 5.69 Å². The smallest absolute Gasteiger partial charge is 0.265 e. The van der Waals surface area contributed by atoms with Crippen LogP contribution in [0.1, 0.15) is 36.2 Å². The Bertz CT molecular complexity index is 822. The van der Waals surface area contributed by atoms with Crippen molar-refractivity contribution in [3.63, 3.8) is 0 Å². The molecular formula is C20H23N3O2S. The minimum absolute atomic E-state index is 0.107. The molecule has 1 amide bonds. The molecule has 1 fully saturated rings. The van der Waals surface area contributed by atoms with E-state index in [1.165, 1.54) is 0 Å². The maximum absolute atomic E-state index is 13.3. The molecule has 1 aliphatic rings. The van der Waals surface area contributed by atoms with Crippen LogP contribution in [0, 0.1) is 6.92 Å². The van der Waals surface area contributed by atoms with E-state index in [2.05, 4.69) is 11.9 Å². The molecule has 3 rings (SSSR count). The Balaban J connectivity index is 1.97. The Hall–Kier alpha value is -2.34. The number of hydrogen-bond donors (Lipinski definition) is 0. The summed E-state index contributed by atoms with van der Waals surface area (Å²) in [4.78, 5) is 24.0. The monoisotopic (exact) mass is 369 g/mol. The number of aryl methyl sites for hydroxylation is 1. The number of nitrogens with zero attached hydrogens (tertiary/aromatic N) is 3. The van der Waals surface area contributed by atoms with Gasteiger partial charge in [0.2, 0.25) is 5.88 Å². The van der Waals surface area contributed by atoms with E-state index in [4.69, 9.17) is 9.73 Å². The van der Waals surface area contributed by atoms with Crippen LogP contribution in [0.5, 0.6) is 5.88 Å². The zero-order valence-electron chi connectivity index (χ0n) is 15.3. The molecular weight excluding hydrogens is 346 g/mol. The van der Waals surface area contributed by atoms with E-state index in [0.717, 1.165) is 28.6 Å². The number of hydrogen-bond acceptors (Lipinski definition) is 5. The first-order chi connectivity index (χ1) is 12.6. The first-order valence-corrected chi connectivity index (χ1v) is 9.82. The summed E-state index contributed by atoms with van der Waals surface area (Å²) in [6.07, 6.45) is 2.51. The van der Waals surface area contributed by atoms with Crippen LogP contribution in [0.15, 0.2) is 47.6 Å². The van der Waals surface area contributed by atoms with Crippen LogP contribution < -0.4 is 4.74 Å². The molecule has 0 radical (unpaired) electrons. The molecule has 26 heavy (non-hydrogen) atoms. The van der Waals surface area contributed by atoms with Crippen molar-refractivity contribution in [2.75, 3.05) is 12.4 Å². The molecule has 0 unspecified atom stereocenters. The number of thioether (sulfide) groups is 1. The lowest BCUT2D eigenvalue weighted by atomic mass is 10.1. The number of pyridine rings is 1. The maximum atomic E-state index is 13.3. The van der Waals surface area contributed by atoms with Gasteiger partial charge in [-0.3, -0.25) is 9.69 Å². The van der Waals surface area contributed by atoms with Crippen molar-refractivity contribution in [3.8, 4) is 5.88 Å². The molecule has 0 bridgehead atoms. The molecule has 6 heteroatoms. The third-order valence-corrected chi connectivity index (χ3v) is 5.27. The van der Waals surface area contributed by atoms with Crippen molar-refractivity contribution in [2.24, 2.45) is 4.99 Å². The summed E-state index contributed by atoms with van der Waals surface area (Å²) >= 11 is 1.62. The van der Waals surface area contributed by atoms with Gasteiger partial charge < -0.3 is 4.74 Å². The summed E-state index contributed by atoms with van der Waals surface area (Å²) < 4.78 is 5.55. The average molecular weight is 369 g/mol. The van der Waals surface area contributed by atoms with Gasteiger partial charge in [0, 0.05) is 18.0 Å². The van der Waals surface area contributed by atoms with Gasteiger partial charge in [0.15, 0.2) is 5.17 Å². The van der Waals surface area contributed by atoms with Crippen molar-refractivity contribution < 1.29 is 9.53 Å². The number of aromatic nitrogens is 1. The highest BCUT2D eigenvalue weighted by Crippen LogP contribution is 2.31. The molecule has 0 aliphatic carbocycles. The van der Waals surface area contributed by atoms with Crippen molar-refractivity contribution >= 4 is 28.5 Å². The lowest BCUT2D eigenvalue weighted by Crippen LogP contribution is -2.39. The normalized spacial score (nSPS) is 18.3. The van der Waals surface area contributed by atoms with Crippen molar-refractivity contribution in [1.29, 1.82) is 0 Å². The Morgan fingerprint density at radius 1 is 1.35 bits per heavy atom. The summed E-state index contributed by atoms with van der Waals surface area (Å²) in [5.74, 6) is 1.11. The molecule has 0 N–H and O–H groups in total. The first-order valence-electron chi connectivity index (χ1n) is 8.83. The van der Waals surface area contributed by atoms with Gasteiger partial charge in [-0.1, -0.05) is 30.8 Å². The van der Waals surface area contributed by atoms with E-state index in [0.29, 0.717) is 18.1 Å². The Morgan fingerprint density at radius 2 is 2.19 bits per heavy atom. The van der Waals surface area contributed by atoms with Crippen LogP contribution in [-0.2, 0) is 0 Å². The van der Waals surface area contributed by atoms with Crippen molar-refractivity contribution in [3.05, 3.63) is 53.7 Å². The summed E-state index contributed by atoms with van der Waals surface area (Å²) in [5.41, 5.74) is 2.48. The Kier molecular flexibility index (Phi) is 5.93. The molecule has 2 heterocycles. The van der Waals surface area contributed by atoms with E-state index in [1.54, 1.807) is 35.0 Å². The second-order valence-corrected chi connectivity index (χ2v) is 7.06. The number of aliphatic imine (C=N–C) groups is 1. The van der Waals surface area contributed by atoms with Gasteiger partial charge >= 0.3 is 0 Å². The summed E-state index contributed by atoms with van der Waals surface area (Å²) in [7, 11) is 0. The van der Waals surface area contributed by atoms with Gasteiger partial charge in [0.25, 0.3) is 5.91 Å². The second kappa shape index (κ2) is 8.36. The van der Waals surface area contributed by atoms with Crippen LogP contribution >= 0.6 is 11.8 Å². The maximum Gasteiger partial charge on any atom is 0.265 e. The molecule has 1 aromatic carbocycles. The molecule has 0 spiro atoms. The molecule has 1 saturated heterocycles. The largest absolute Gasteiger partial charge is 0.477 e. The lowest BCUT2D eigenvalue weighted by Gasteiger charge is -2.23. The highest BCUT2D eigenvalue weighted by Gasteiger charge is 2.36. The molecule has 0 saturated carbocycles. The fourth-order valence-corrected chi connectivity index (χ4v) is 4.12. The third kappa shape index (κ3) is 3.90. The van der Waals surface area contributed by atoms with Crippen LogP contribution in [0.2, 0.25) is 0 Å². The fraction of sp³-hybridized carbons (Fsp3) is 0.350. The molecule has 5 nitrogen and oxygen atoms in total. The Labute approximate surface area is 158 Å². The van der Waals surface area contributed by atoms with E-state index < -0.39 is 0 Å². The molecule has 2 aromatic rings. The molecule has 1 aliphatic heterocycles. The van der Waals surface area contributed by atoms with Gasteiger partial charge in [-0.25, -0.2) is 9.98 Å². The van der Waals surface area contributed by atoms with Gasteiger partial charge in [-0.05, 0) is 50.1 Å². The SMILES string of the molecule is CCOc1ncccc1C(=O)N1C(=Nc2cccc(C)c2)SC[C@H]1CC. The minimum atomic E-state index is -0.107. The second-order valence-electron chi connectivity index (χ2n) is 6.07. The average Bonchev–Trinajstić information content (AvgIpc) is 3.04. The quantitative estimate of drug-likeness (QED) is 0.782. The third-order valence-electron chi connectivity index (χ3n) is 4.18. The lowest BCUT2D eigenvalue weighted by molar-refractivity contribution is 0.0814. The summed E-state index contributed by atoms with van der Waals surface area (Å²) in [5, 5.41) is 0.735. The van der Waals surface area contributed by atoms with Gasteiger partial charge in [-0.15, -0.1) is 0 Å². The number of amidine groups is 1. The number of rotatable bonds is 5. The van der Waals surface area contributed by atoms with Gasteiger partial charge in [0.05, 0.1) is 12.3 Å². The standard InChI is InChI=1S/C20H23N3O2S/c1-4-16-13-26-20(22-15-9-6-8-14(3)12-15)23(16)19(24)17-10-7-11-21-18(17)25-5-2/h6-12,16H,4-5,13H2,1-3H3/t16-/m1/s1. The van der Waals surface area contributed by atoms with Crippen LogP contribution in [-0.4, -0.2) is 39.4 Å². The predicted octanol–water partition coefficient (Wildman–Crippen LogP) is 4.44. The van der Waals surface area contributed by atoms with Gasteiger partial charge in [-0.2, -0.15) is 0 Å². The minimum Gasteiger partial charge on any atom is -0.477 e. The summed E-state index contributed by atoms with van der Waals surface area (Å²) in [6.45, 7) is 6.47. The number of carbonyl (C=O) groups excluding carboxylic acids is 1. The van der Waals surface area contributed by atoms with E-state index in [1.807, 2.05) is 38.1 Å². The number of carbonyl (C=O) groups is 1. The fourth-order valence-electron chi connectivity index (χ4n) is 2.85. The first kappa shape index (κ1) is 18.5. The van der Waals surface area contributed by atoms with Crippen molar-refractivity contribution in [1.82, 2.24) is 9.88 Å². The number of ether oxygens (including phenoxy) is 1. The van der Waals surface area contributed by atoms with Crippen LogP contribution in [0.25, 0.3) is 0 Å². The highest BCUT2D eigenvalue weighted by atomic mass is 32.2. The predicted molar refractivity (Wildman–Crippen MR) is 106 cm³/mol. The van der Waals surface area contributed by atoms with E-state index in [9.17, 15) is 4.79 Å². The number of amides is 1. The molecule has 136 valence electrons. The highest BCUT2D eigenvalue weighted by molar-refractivity contribution is 8.14. The van der Waals surface area contributed by atoms with Crippen molar-refractivity contribution in [2.45, 2.75) is 33.2 Å².